The lowest BCUT2D eigenvalue weighted by Gasteiger charge is -2.28. The van der Waals surface area contributed by atoms with Crippen LogP contribution in [0.5, 0.6) is 11.5 Å². The number of phenolic OH excluding ortho intramolecular Hbond substituents is 2. The van der Waals surface area contributed by atoms with Crippen LogP contribution in [0.3, 0.4) is 0 Å². The summed E-state index contributed by atoms with van der Waals surface area (Å²) in [6.07, 6.45) is 0. The van der Waals surface area contributed by atoms with Crippen LogP contribution in [-0.2, 0) is 24.0 Å². The van der Waals surface area contributed by atoms with Crippen molar-refractivity contribution in [1.82, 2.24) is 14.7 Å². The lowest BCUT2D eigenvalue weighted by atomic mass is 10.3. The Morgan fingerprint density at radius 3 is 1.22 bits per heavy atom. The number of rotatable bonds is 18. The molecule has 0 saturated heterocycles. The van der Waals surface area contributed by atoms with Crippen molar-refractivity contribution in [3.8, 4) is 11.5 Å². The van der Waals surface area contributed by atoms with Gasteiger partial charge in [-0.25, -0.2) is 0 Å². The van der Waals surface area contributed by atoms with E-state index in [0.717, 1.165) is 0 Å². The first-order valence-electron chi connectivity index (χ1n) is 12.4. The largest absolute Gasteiger partial charge is 0.508 e. The van der Waals surface area contributed by atoms with E-state index in [2.05, 4.69) is 10.6 Å². The van der Waals surface area contributed by atoms with Crippen LogP contribution in [0.25, 0.3) is 0 Å². The monoisotopic (exact) mass is 575 g/mol. The zero-order valence-corrected chi connectivity index (χ0v) is 22.1. The third-order valence-electron chi connectivity index (χ3n) is 5.54. The Morgan fingerprint density at radius 1 is 0.537 bits per heavy atom. The van der Waals surface area contributed by atoms with Crippen molar-refractivity contribution >= 4 is 41.1 Å². The van der Waals surface area contributed by atoms with E-state index >= 15 is 0 Å². The third kappa shape index (κ3) is 13.8. The molecule has 15 heteroatoms. The van der Waals surface area contributed by atoms with Gasteiger partial charge in [-0.05, 0) is 24.3 Å². The van der Waals surface area contributed by atoms with E-state index in [9.17, 15) is 49.5 Å². The Morgan fingerprint density at radius 2 is 0.878 bits per heavy atom. The van der Waals surface area contributed by atoms with Crippen LogP contribution in [0.15, 0.2) is 48.5 Å². The fourth-order valence-electron chi connectivity index (χ4n) is 3.81. The average Bonchev–Trinajstić information content (AvgIpc) is 2.84. The highest BCUT2D eigenvalue weighted by molar-refractivity contribution is 5.93. The lowest BCUT2D eigenvalue weighted by molar-refractivity contribution is -0.140. The van der Waals surface area contributed by atoms with E-state index in [1.165, 1.54) is 51.1 Å². The van der Waals surface area contributed by atoms with Gasteiger partial charge in [0.15, 0.2) is 0 Å². The molecule has 0 unspecified atom stereocenters. The number of amides is 2. The highest BCUT2D eigenvalue weighted by Crippen LogP contribution is 2.16. The minimum atomic E-state index is -1.20. The molecule has 0 aromatic heterocycles. The highest BCUT2D eigenvalue weighted by atomic mass is 16.4. The van der Waals surface area contributed by atoms with Gasteiger partial charge >= 0.3 is 17.9 Å². The minimum absolute atomic E-state index is 0.00996. The predicted octanol–water partition coefficient (Wildman–Crippen LogP) is -0.165. The Balaban J connectivity index is 1.99. The number of hydrogen-bond donors (Lipinski definition) is 7. The van der Waals surface area contributed by atoms with Crippen molar-refractivity contribution in [2.75, 3.05) is 69.5 Å². The molecule has 0 aliphatic carbocycles. The normalized spacial score (nSPS) is 11.0. The number of phenols is 2. The van der Waals surface area contributed by atoms with Crippen LogP contribution in [0, 0.1) is 0 Å². The molecular formula is C26H33N5O10. The van der Waals surface area contributed by atoms with Crippen molar-refractivity contribution in [2.24, 2.45) is 0 Å². The highest BCUT2D eigenvalue weighted by Gasteiger charge is 2.20. The van der Waals surface area contributed by atoms with Gasteiger partial charge in [0, 0.05) is 49.7 Å². The number of hydrogen-bond acceptors (Lipinski definition) is 10. The molecule has 0 bridgehead atoms. The first-order chi connectivity index (χ1) is 19.4. The molecule has 0 heterocycles. The molecule has 0 saturated carbocycles. The quantitative estimate of drug-likeness (QED) is 0.123. The Kier molecular flexibility index (Phi) is 13.0. The SMILES string of the molecule is O=C(O)CN(CCN(CC(=O)O)CC(=O)Nc1cccc(O)c1)CCN(CC(=O)O)CC(=O)Nc1cccc(O)c1. The van der Waals surface area contributed by atoms with Gasteiger partial charge in [0.25, 0.3) is 0 Å². The smallest absolute Gasteiger partial charge is 0.317 e. The van der Waals surface area contributed by atoms with E-state index in [1.54, 1.807) is 12.1 Å². The van der Waals surface area contributed by atoms with Crippen LogP contribution < -0.4 is 10.6 Å². The summed E-state index contributed by atoms with van der Waals surface area (Å²) < 4.78 is 0. The van der Waals surface area contributed by atoms with E-state index in [1.807, 2.05) is 0 Å². The number of anilines is 2. The molecule has 0 radical (unpaired) electrons. The minimum Gasteiger partial charge on any atom is -0.508 e. The number of nitrogens with zero attached hydrogens (tertiary/aromatic N) is 3. The number of benzene rings is 2. The molecule has 15 nitrogen and oxygen atoms in total. The van der Waals surface area contributed by atoms with Crippen molar-refractivity contribution in [1.29, 1.82) is 0 Å². The molecule has 2 aromatic rings. The second kappa shape index (κ2) is 16.4. The topological polar surface area (TPSA) is 220 Å². The summed E-state index contributed by atoms with van der Waals surface area (Å²) in [6.45, 7) is -2.10. The third-order valence-corrected chi connectivity index (χ3v) is 5.54. The Labute approximate surface area is 235 Å². The number of nitrogens with one attached hydrogen (secondary N) is 2. The van der Waals surface area contributed by atoms with Gasteiger partial charge in [0.2, 0.25) is 11.8 Å². The summed E-state index contributed by atoms with van der Waals surface area (Å²) in [5.74, 6) is -4.82. The zero-order valence-electron chi connectivity index (χ0n) is 22.1. The van der Waals surface area contributed by atoms with Crippen LogP contribution >= 0.6 is 0 Å². The molecule has 41 heavy (non-hydrogen) atoms. The Hall–Kier alpha value is -4.73. The van der Waals surface area contributed by atoms with E-state index in [-0.39, 0.29) is 50.8 Å². The maximum Gasteiger partial charge on any atom is 0.317 e. The number of carbonyl (C=O) groups excluding carboxylic acids is 2. The molecule has 0 aliphatic rings. The van der Waals surface area contributed by atoms with E-state index < -0.39 is 49.4 Å². The van der Waals surface area contributed by atoms with Gasteiger partial charge < -0.3 is 36.2 Å². The second-order valence-corrected chi connectivity index (χ2v) is 9.08. The number of carbonyl (C=O) groups is 5. The average molecular weight is 576 g/mol. The number of carboxylic acids is 3. The molecule has 222 valence electrons. The van der Waals surface area contributed by atoms with E-state index in [0.29, 0.717) is 11.4 Å². The van der Waals surface area contributed by atoms with Gasteiger partial charge in [-0.2, -0.15) is 0 Å². The summed E-state index contributed by atoms with van der Waals surface area (Å²) in [5, 5.41) is 52.1. The van der Waals surface area contributed by atoms with Gasteiger partial charge in [-0.3, -0.25) is 38.7 Å². The maximum atomic E-state index is 12.5. The summed E-state index contributed by atoms with van der Waals surface area (Å²) in [4.78, 5) is 63.1. The maximum absolute atomic E-state index is 12.5. The zero-order chi connectivity index (χ0) is 30.4. The van der Waals surface area contributed by atoms with Crippen LogP contribution in [0.1, 0.15) is 0 Å². The fraction of sp³-hybridized carbons (Fsp3) is 0.346. The molecule has 0 fully saturated rings. The standard InChI is InChI=1S/C26H33N5O10/c32-20-5-1-3-18(11-20)27-22(34)13-30(16-25(38)39)9-7-29(15-24(36)37)8-10-31(17-26(40)41)14-23(35)28-19-4-2-6-21(33)12-19/h1-6,11-12,32-33H,7-10,13-17H2,(H,27,34)(H,28,35)(H,36,37)(H,38,39)(H,40,41). The lowest BCUT2D eigenvalue weighted by Crippen LogP contribution is -2.46. The molecule has 2 aromatic carbocycles. The van der Waals surface area contributed by atoms with Gasteiger partial charge in [-0.1, -0.05) is 12.1 Å². The van der Waals surface area contributed by atoms with Crippen molar-refractivity contribution in [3.05, 3.63) is 48.5 Å². The van der Waals surface area contributed by atoms with Gasteiger partial charge in [-0.15, -0.1) is 0 Å². The molecule has 0 atom stereocenters. The molecule has 0 spiro atoms. The van der Waals surface area contributed by atoms with Crippen molar-refractivity contribution in [3.63, 3.8) is 0 Å². The van der Waals surface area contributed by atoms with Crippen LogP contribution in [0.4, 0.5) is 11.4 Å². The molecular weight excluding hydrogens is 542 g/mol. The predicted molar refractivity (Wildman–Crippen MR) is 146 cm³/mol. The number of aliphatic carboxylic acids is 3. The number of aromatic hydroxyl groups is 2. The van der Waals surface area contributed by atoms with Crippen molar-refractivity contribution < 1.29 is 49.5 Å². The summed E-state index contributed by atoms with van der Waals surface area (Å²) in [5.41, 5.74) is 0.619. The molecule has 7 N–H and O–H groups in total. The van der Waals surface area contributed by atoms with Crippen LogP contribution in [-0.4, -0.2) is 129 Å². The van der Waals surface area contributed by atoms with Crippen LogP contribution in [0.2, 0.25) is 0 Å². The van der Waals surface area contributed by atoms with E-state index in [4.69, 9.17) is 0 Å². The van der Waals surface area contributed by atoms with Crippen molar-refractivity contribution in [2.45, 2.75) is 0 Å². The molecule has 2 amide bonds. The summed E-state index contributed by atoms with van der Waals surface area (Å²) in [7, 11) is 0. The summed E-state index contributed by atoms with van der Waals surface area (Å²) >= 11 is 0. The first kappa shape index (κ1) is 32.5. The molecule has 0 aliphatic heterocycles. The molecule has 2 rings (SSSR count). The Bertz CT molecular complexity index is 1140. The number of carboxylic acid groups (broad SMARTS) is 3. The summed E-state index contributed by atoms with van der Waals surface area (Å²) in [6, 6.07) is 11.6. The van der Waals surface area contributed by atoms with Gasteiger partial charge in [0.1, 0.15) is 11.5 Å². The second-order valence-electron chi connectivity index (χ2n) is 9.08. The van der Waals surface area contributed by atoms with Gasteiger partial charge in [0.05, 0.1) is 32.7 Å². The fourth-order valence-corrected chi connectivity index (χ4v) is 3.81. The first-order valence-corrected chi connectivity index (χ1v) is 12.4.